The minimum absolute atomic E-state index is 0. The molecular formula is C7H16ClNO2. The first-order chi connectivity index (χ1) is 4.77. The lowest BCUT2D eigenvalue weighted by Crippen LogP contribution is -2.19. The van der Waals surface area contributed by atoms with E-state index in [1.165, 1.54) is 0 Å². The van der Waals surface area contributed by atoms with Crippen molar-refractivity contribution in [1.29, 1.82) is 0 Å². The van der Waals surface area contributed by atoms with Crippen LogP contribution in [-0.4, -0.2) is 48.5 Å². The molecule has 2 atom stereocenters. The highest BCUT2D eigenvalue weighted by Gasteiger charge is 2.29. The number of aliphatic hydroxyl groups excluding tert-OH is 2. The van der Waals surface area contributed by atoms with Gasteiger partial charge in [0.25, 0.3) is 0 Å². The number of likely N-dealkylation sites (tertiary alicyclic amines) is 1. The summed E-state index contributed by atoms with van der Waals surface area (Å²) in [6.45, 7) is 2.24. The SMILES string of the molecule is CN1C[C@H](CO)[C@@H](CO)C1.Cl. The standard InChI is InChI=1S/C7H15NO2.ClH/c1-8-2-6(4-9)7(3-8)5-10;/h6-7,9-10H,2-5H2,1H3;1H/t6-,7-;/m1./s1. The summed E-state index contributed by atoms with van der Waals surface area (Å²) >= 11 is 0. The van der Waals surface area contributed by atoms with E-state index in [4.69, 9.17) is 10.2 Å². The van der Waals surface area contributed by atoms with Crippen LogP contribution in [0.25, 0.3) is 0 Å². The molecule has 0 unspecified atom stereocenters. The predicted molar refractivity (Wildman–Crippen MR) is 45.9 cm³/mol. The highest BCUT2D eigenvalue weighted by molar-refractivity contribution is 5.85. The Labute approximate surface area is 73.4 Å². The Morgan fingerprint density at radius 3 is 1.82 bits per heavy atom. The fourth-order valence-corrected chi connectivity index (χ4v) is 1.59. The molecule has 1 aliphatic rings. The predicted octanol–water partition coefficient (Wildman–Crippen LogP) is -0.429. The van der Waals surface area contributed by atoms with Crippen molar-refractivity contribution in [2.75, 3.05) is 33.4 Å². The molecule has 1 fully saturated rings. The zero-order chi connectivity index (χ0) is 7.56. The molecule has 0 saturated carbocycles. The molecule has 0 amide bonds. The lowest BCUT2D eigenvalue weighted by molar-refractivity contribution is 0.152. The van der Waals surface area contributed by atoms with Crippen molar-refractivity contribution >= 4 is 12.4 Å². The van der Waals surface area contributed by atoms with Crippen molar-refractivity contribution in [3.8, 4) is 0 Å². The van der Waals surface area contributed by atoms with Crippen molar-refractivity contribution in [1.82, 2.24) is 4.90 Å². The van der Waals surface area contributed by atoms with Gasteiger partial charge in [-0.1, -0.05) is 0 Å². The van der Waals surface area contributed by atoms with Gasteiger partial charge in [0.2, 0.25) is 0 Å². The van der Waals surface area contributed by atoms with Crippen molar-refractivity contribution < 1.29 is 10.2 Å². The molecule has 1 heterocycles. The number of aliphatic hydroxyl groups is 2. The first-order valence-corrected chi connectivity index (χ1v) is 3.68. The summed E-state index contributed by atoms with van der Waals surface area (Å²) in [5.41, 5.74) is 0. The minimum Gasteiger partial charge on any atom is -0.396 e. The van der Waals surface area contributed by atoms with E-state index in [-0.39, 0.29) is 37.5 Å². The Kier molecular flexibility index (Phi) is 5.01. The highest BCUT2D eigenvalue weighted by Crippen LogP contribution is 2.20. The molecule has 11 heavy (non-hydrogen) atoms. The lowest BCUT2D eigenvalue weighted by atomic mass is 9.98. The first-order valence-electron chi connectivity index (χ1n) is 3.68. The van der Waals surface area contributed by atoms with E-state index in [0.717, 1.165) is 13.1 Å². The molecule has 1 saturated heterocycles. The number of hydrogen-bond acceptors (Lipinski definition) is 3. The Morgan fingerprint density at radius 1 is 1.18 bits per heavy atom. The Hall–Kier alpha value is 0.170. The fourth-order valence-electron chi connectivity index (χ4n) is 1.59. The van der Waals surface area contributed by atoms with Gasteiger partial charge < -0.3 is 15.1 Å². The second kappa shape index (κ2) is 4.93. The molecular weight excluding hydrogens is 166 g/mol. The summed E-state index contributed by atoms with van der Waals surface area (Å²) in [6, 6.07) is 0. The Morgan fingerprint density at radius 2 is 1.55 bits per heavy atom. The molecule has 68 valence electrons. The van der Waals surface area contributed by atoms with Crippen LogP contribution in [-0.2, 0) is 0 Å². The monoisotopic (exact) mass is 181 g/mol. The second-order valence-electron chi connectivity index (χ2n) is 3.11. The van der Waals surface area contributed by atoms with Crippen molar-refractivity contribution in [2.45, 2.75) is 0 Å². The third-order valence-electron chi connectivity index (χ3n) is 2.23. The van der Waals surface area contributed by atoms with Gasteiger partial charge in [0, 0.05) is 38.1 Å². The van der Waals surface area contributed by atoms with E-state index in [1.807, 2.05) is 7.05 Å². The van der Waals surface area contributed by atoms with Crippen LogP contribution in [0.1, 0.15) is 0 Å². The average Bonchev–Trinajstić information content (AvgIpc) is 2.30. The van der Waals surface area contributed by atoms with Gasteiger partial charge in [0.05, 0.1) is 0 Å². The molecule has 0 aromatic heterocycles. The number of rotatable bonds is 2. The quantitative estimate of drug-likeness (QED) is 0.608. The summed E-state index contributed by atoms with van der Waals surface area (Å²) in [5.74, 6) is 0.574. The summed E-state index contributed by atoms with van der Waals surface area (Å²) in [4.78, 5) is 2.14. The summed E-state index contributed by atoms with van der Waals surface area (Å²) in [5, 5.41) is 17.7. The van der Waals surface area contributed by atoms with Crippen molar-refractivity contribution in [3.63, 3.8) is 0 Å². The maximum Gasteiger partial charge on any atom is 0.0475 e. The van der Waals surface area contributed by atoms with Gasteiger partial charge in [0.15, 0.2) is 0 Å². The molecule has 0 radical (unpaired) electrons. The largest absolute Gasteiger partial charge is 0.396 e. The van der Waals surface area contributed by atoms with Gasteiger partial charge in [-0.3, -0.25) is 0 Å². The van der Waals surface area contributed by atoms with Gasteiger partial charge >= 0.3 is 0 Å². The minimum atomic E-state index is 0. The van der Waals surface area contributed by atoms with E-state index in [2.05, 4.69) is 4.90 Å². The van der Waals surface area contributed by atoms with E-state index in [1.54, 1.807) is 0 Å². The summed E-state index contributed by atoms with van der Waals surface area (Å²) in [6.07, 6.45) is 0. The van der Waals surface area contributed by atoms with Crippen LogP contribution in [0.2, 0.25) is 0 Å². The van der Waals surface area contributed by atoms with Gasteiger partial charge in [-0.05, 0) is 7.05 Å². The number of halogens is 1. The second-order valence-corrected chi connectivity index (χ2v) is 3.11. The maximum atomic E-state index is 8.85. The van der Waals surface area contributed by atoms with Crippen LogP contribution in [0.15, 0.2) is 0 Å². The molecule has 4 heteroatoms. The highest BCUT2D eigenvalue weighted by atomic mass is 35.5. The van der Waals surface area contributed by atoms with Crippen LogP contribution in [0.3, 0.4) is 0 Å². The van der Waals surface area contributed by atoms with Crippen molar-refractivity contribution in [2.24, 2.45) is 11.8 Å². The topological polar surface area (TPSA) is 43.7 Å². The van der Waals surface area contributed by atoms with Crippen LogP contribution in [0.5, 0.6) is 0 Å². The Balaban J connectivity index is 0.000001000. The molecule has 0 bridgehead atoms. The lowest BCUT2D eigenvalue weighted by Gasteiger charge is -2.11. The molecule has 3 nitrogen and oxygen atoms in total. The van der Waals surface area contributed by atoms with Crippen LogP contribution < -0.4 is 0 Å². The summed E-state index contributed by atoms with van der Waals surface area (Å²) in [7, 11) is 2.01. The van der Waals surface area contributed by atoms with Gasteiger partial charge in [-0.2, -0.15) is 0 Å². The van der Waals surface area contributed by atoms with Crippen molar-refractivity contribution in [3.05, 3.63) is 0 Å². The number of hydrogen-bond donors (Lipinski definition) is 2. The molecule has 0 spiro atoms. The van der Waals surface area contributed by atoms with E-state index in [9.17, 15) is 0 Å². The van der Waals surface area contributed by atoms with E-state index < -0.39 is 0 Å². The zero-order valence-electron chi connectivity index (χ0n) is 6.73. The third-order valence-corrected chi connectivity index (χ3v) is 2.23. The molecule has 0 aromatic carbocycles. The van der Waals surface area contributed by atoms with Gasteiger partial charge in [-0.15, -0.1) is 12.4 Å². The smallest absolute Gasteiger partial charge is 0.0475 e. The first kappa shape index (κ1) is 11.2. The molecule has 1 rings (SSSR count). The normalized spacial score (nSPS) is 31.9. The Bertz CT molecular complexity index is 101. The average molecular weight is 182 g/mol. The number of nitrogens with zero attached hydrogens (tertiary/aromatic N) is 1. The molecule has 2 N–H and O–H groups in total. The maximum absolute atomic E-state index is 8.85. The van der Waals surface area contributed by atoms with Gasteiger partial charge in [0.1, 0.15) is 0 Å². The van der Waals surface area contributed by atoms with Crippen LogP contribution >= 0.6 is 12.4 Å². The fraction of sp³-hybridized carbons (Fsp3) is 1.00. The zero-order valence-corrected chi connectivity index (χ0v) is 7.55. The van der Waals surface area contributed by atoms with Gasteiger partial charge in [-0.25, -0.2) is 0 Å². The van der Waals surface area contributed by atoms with Crippen LogP contribution in [0.4, 0.5) is 0 Å². The summed E-state index contributed by atoms with van der Waals surface area (Å²) < 4.78 is 0. The van der Waals surface area contributed by atoms with E-state index in [0.29, 0.717) is 0 Å². The van der Waals surface area contributed by atoms with Crippen LogP contribution in [0, 0.1) is 11.8 Å². The molecule has 0 aliphatic carbocycles. The molecule has 0 aromatic rings. The molecule has 1 aliphatic heterocycles. The van der Waals surface area contributed by atoms with E-state index >= 15 is 0 Å². The third kappa shape index (κ3) is 2.60.